The van der Waals surface area contributed by atoms with E-state index in [2.05, 4.69) is 20.4 Å². The number of thiazole rings is 1. The van der Waals surface area contributed by atoms with Gasteiger partial charge in [-0.3, -0.25) is 0 Å². The van der Waals surface area contributed by atoms with E-state index in [-0.39, 0.29) is 5.95 Å². The van der Waals surface area contributed by atoms with E-state index >= 15 is 0 Å². The molecule has 2 aromatic heterocycles. The summed E-state index contributed by atoms with van der Waals surface area (Å²) in [6.45, 7) is 2.75. The molecule has 0 saturated heterocycles. The van der Waals surface area contributed by atoms with E-state index in [1.807, 2.05) is 31.2 Å². The zero-order valence-electron chi connectivity index (χ0n) is 9.79. The zero-order chi connectivity index (χ0) is 12.5. The van der Waals surface area contributed by atoms with Crippen LogP contribution in [0, 0.1) is 0 Å². The Kier molecular flexibility index (Phi) is 2.60. The molecule has 92 valence electrons. The van der Waals surface area contributed by atoms with E-state index in [1.165, 1.54) is 0 Å². The summed E-state index contributed by atoms with van der Waals surface area (Å²) in [5.41, 5.74) is 6.59. The fraction of sp³-hybridized carbons (Fsp3) is 0.182. The Balaban J connectivity index is 2.13. The Bertz CT molecular complexity index is 653. The third kappa shape index (κ3) is 1.78. The van der Waals surface area contributed by atoms with Gasteiger partial charge in [0.25, 0.3) is 0 Å². The number of aromatic nitrogens is 4. The van der Waals surface area contributed by atoms with Crippen molar-refractivity contribution >= 4 is 33.5 Å². The number of para-hydroxylation sites is 1. The lowest BCUT2D eigenvalue weighted by atomic mass is 10.3. The van der Waals surface area contributed by atoms with Gasteiger partial charge < -0.3 is 11.1 Å². The average Bonchev–Trinajstić information content (AvgIpc) is 2.92. The van der Waals surface area contributed by atoms with Gasteiger partial charge in [-0.2, -0.15) is 9.67 Å². The molecule has 0 spiro atoms. The summed E-state index contributed by atoms with van der Waals surface area (Å²) in [6, 6.07) is 7.96. The molecule has 2 heterocycles. The van der Waals surface area contributed by atoms with Crippen LogP contribution in [0.15, 0.2) is 24.3 Å². The van der Waals surface area contributed by atoms with Crippen molar-refractivity contribution in [3.8, 4) is 5.13 Å². The molecule has 3 aromatic rings. The van der Waals surface area contributed by atoms with Crippen LogP contribution < -0.4 is 11.1 Å². The molecule has 0 aliphatic heterocycles. The maximum absolute atomic E-state index is 5.64. The lowest BCUT2D eigenvalue weighted by Gasteiger charge is -2.01. The van der Waals surface area contributed by atoms with Crippen molar-refractivity contribution in [3.05, 3.63) is 24.3 Å². The number of rotatable bonds is 3. The number of nitrogens with zero attached hydrogens (tertiary/aromatic N) is 4. The zero-order valence-corrected chi connectivity index (χ0v) is 10.6. The average molecular weight is 260 g/mol. The Morgan fingerprint density at radius 3 is 2.94 bits per heavy atom. The van der Waals surface area contributed by atoms with Crippen molar-refractivity contribution in [2.45, 2.75) is 6.92 Å². The Morgan fingerprint density at radius 1 is 1.33 bits per heavy atom. The van der Waals surface area contributed by atoms with Crippen molar-refractivity contribution in [1.82, 2.24) is 19.7 Å². The quantitative estimate of drug-likeness (QED) is 0.751. The van der Waals surface area contributed by atoms with Gasteiger partial charge in [0.15, 0.2) is 0 Å². The third-order valence-electron chi connectivity index (χ3n) is 2.42. The molecule has 0 aliphatic rings. The number of anilines is 2. The highest BCUT2D eigenvalue weighted by Gasteiger charge is 2.13. The highest BCUT2D eigenvalue weighted by Crippen LogP contribution is 2.26. The van der Waals surface area contributed by atoms with E-state index in [4.69, 9.17) is 5.73 Å². The van der Waals surface area contributed by atoms with Gasteiger partial charge in [-0.25, -0.2) is 4.98 Å². The molecule has 0 amide bonds. The maximum atomic E-state index is 5.64. The molecule has 0 fully saturated rings. The highest BCUT2D eigenvalue weighted by atomic mass is 32.1. The lowest BCUT2D eigenvalue weighted by molar-refractivity contribution is 0.873. The van der Waals surface area contributed by atoms with Crippen molar-refractivity contribution < 1.29 is 0 Å². The van der Waals surface area contributed by atoms with Gasteiger partial charge >= 0.3 is 0 Å². The largest absolute Gasteiger partial charge is 0.366 e. The monoisotopic (exact) mass is 260 g/mol. The van der Waals surface area contributed by atoms with Crippen LogP contribution in [-0.2, 0) is 0 Å². The molecule has 0 atom stereocenters. The Labute approximate surface area is 107 Å². The summed E-state index contributed by atoms with van der Waals surface area (Å²) in [5.74, 6) is 0.860. The first-order valence-corrected chi connectivity index (χ1v) is 6.42. The summed E-state index contributed by atoms with van der Waals surface area (Å²) < 4.78 is 2.76. The van der Waals surface area contributed by atoms with Crippen LogP contribution >= 0.6 is 11.3 Å². The van der Waals surface area contributed by atoms with Crippen molar-refractivity contribution in [3.63, 3.8) is 0 Å². The number of nitrogens with two attached hydrogens (primary N) is 1. The smallest absolute Gasteiger partial charge is 0.241 e. The molecular weight excluding hydrogens is 248 g/mol. The van der Waals surface area contributed by atoms with E-state index in [0.717, 1.165) is 21.9 Å². The van der Waals surface area contributed by atoms with Gasteiger partial charge in [-0.1, -0.05) is 23.5 Å². The van der Waals surface area contributed by atoms with E-state index in [1.54, 1.807) is 16.0 Å². The molecule has 0 unspecified atom stereocenters. The van der Waals surface area contributed by atoms with E-state index in [9.17, 15) is 0 Å². The molecule has 18 heavy (non-hydrogen) atoms. The van der Waals surface area contributed by atoms with Crippen LogP contribution in [-0.4, -0.2) is 26.3 Å². The molecule has 0 bridgehead atoms. The van der Waals surface area contributed by atoms with Crippen LogP contribution in [0.1, 0.15) is 6.92 Å². The summed E-state index contributed by atoms with van der Waals surface area (Å²) >= 11 is 1.56. The SMILES string of the molecule is CCNc1nc(N)nn1-c1nc2ccccc2s1. The Morgan fingerprint density at radius 2 is 2.17 bits per heavy atom. The minimum Gasteiger partial charge on any atom is -0.366 e. The summed E-state index contributed by atoms with van der Waals surface area (Å²) in [5, 5.41) is 8.04. The molecule has 6 nitrogen and oxygen atoms in total. The number of fused-ring (bicyclic) bond motifs is 1. The van der Waals surface area contributed by atoms with Crippen LogP contribution in [0.25, 0.3) is 15.3 Å². The fourth-order valence-corrected chi connectivity index (χ4v) is 2.60. The summed E-state index contributed by atoms with van der Waals surface area (Å²) in [4.78, 5) is 8.65. The minimum atomic E-state index is 0.241. The number of nitrogens with one attached hydrogen (secondary N) is 1. The topological polar surface area (TPSA) is 81.6 Å². The van der Waals surface area contributed by atoms with Crippen molar-refractivity contribution in [1.29, 1.82) is 0 Å². The van der Waals surface area contributed by atoms with Crippen LogP contribution in [0.5, 0.6) is 0 Å². The molecule has 3 rings (SSSR count). The van der Waals surface area contributed by atoms with Crippen molar-refractivity contribution in [2.24, 2.45) is 0 Å². The second kappa shape index (κ2) is 4.26. The molecule has 0 aliphatic carbocycles. The van der Waals surface area contributed by atoms with Crippen LogP contribution in [0.3, 0.4) is 0 Å². The maximum Gasteiger partial charge on any atom is 0.241 e. The predicted molar refractivity (Wildman–Crippen MR) is 73.1 cm³/mol. The standard InChI is InChI=1S/C11H12N6S/c1-2-13-10-15-9(12)16-17(10)11-14-7-5-3-4-6-8(7)18-11/h3-6H,2H2,1H3,(H3,12,13,15,16). The van der Waals surface area contributed by atoms with E-state index < -0.39 is 0 Å². The second-order valence-corrected chi connectivity index (χ2v) is 4.71. The summed E-state index contributed by atoms with van der Waals surface area (Å²) in [6.07, 6.45) is 0. The normalized spacial score (nSPS) is 10.9. The molecule has 7 heteroatoms. The molecule has 0 radical (unpaired) electrons. The van der Waals surface area contributed by atoms with Gasteiger partial charge in [0.1, 0.15) is 0 Å². The highest BCUT2D eigenvalue weighted by molar-refractivity contribution is 7.20. The van der Waals surface area contributed by atoms with Gasteiger partial charge in [-0.05, 0) is 19.1 Å². The molecule has 1 aromatic carbocycles. The fourth-order valence-electron chi connectivity index (χ4n) is 1.68. The lowest BCUT2D eigenvalue weighted by Crippen LogP contribution is -2.06. The van der Waals surface area contributed by atoms with E-state index in [0.29, 0.717) is 5.95 Å². The first-order valence-electron chi connectivity index (χ1n) is 5.60. The number of benzene rings is 1. The van der Waals surface area contributed by atoms with Gasteiger partial charge in [0, 0.05) is 6.54 Å². The van der Waals surface area contributed by atoms with Crippen LogP contribution in [0.4, 0.5) is 11.9 Å². The second-order valence-electron chi connectivity index (χ2n) is 3.70. The Hall–Kier alpha value is -2.15. The third-order valence-corrected chi connectivity index (χ3v) is 3.43. The first kappa shape index (κ1) is 11.0. The minimum absolute atomic E-state index is 0.241. The number of hydrogen-bond donors (Lipinski definition) is 2. The molecule has 0 saturated carbocycles. The molecular formula is C11H12N6S. The molecule has 3 N–H and O–H groups in total. The van der Waals surface area contributed by atoms with Gasteiger partial charge in [-0.15, -0.1) is 5.10 Å². The van der Waals surface area contributed by atoms with Gasteiger partial charge in [0.2, 0.25) is 17.0 Å². The first-order chi connectivity index (χ1) is 8.78. The van der Waals surface area contributed by atoms with Crippen LogP contribution in [0.2, 0.25) is 0 Å². The summed E-state index contributed by atoms with van der Waals surface area (Å²) in [7, 11) is 0. The number of nitrogen functional groups attached to an aromatic ring is 1. The van der Waals surface area contributed by atoms with Gasteiger partial charge in [0.05, 0.1) is 10.2 Å². The number of hydrogen-bond acceptors (Lipinski definition) is 6. The van der Waals surface area contributed by atoms with Crippen molar-refractivity contribution in [2.75, 3.05) is 17.6 Å². The predicted octanol–water partition coefficient (Wildman–Crippen LogP) is 1.89.